The second-order valence-electron chi connectivity index (χ2n) is 8.24. The van der Waals surface area contributed by atoms with E-state index < -0.39 is 0 Å². The van der Waals surface area contributed by atoms with Crippen molar-refractivity contribution in [3.05, 3.63) is 87.3 Å². The number of piperazine rings is 1. The SMILES string of the molecule is CN1CCN(C(=O)c2coc(CN(Cc3ccc(F)cc3)Cc3ccc(Cl)c(Cl)c3)n2)CC1. The van der Waals surface area contributed by atoms with Gasteiger partial charge in [-0.15, -0.1) is 0 Å². The molecule has 0 atom stereocenters. The highest BCUT2D eigenvalue weighted by Gasteiger charge is 2.23. The monoisotopic (exact) mass is 490 g/mol. The molecular weight excluding hydrogens is 466 g/mol. The van der Waals surface area contributed by atoms with Gasteiger partial charge in [0, 0.05) is 39.3 Å². The Morgan fingerprint density at radius 3 is 2.36 bits per heavy atom. The first-order valence-corrected chi connectivity index (χ1v) is 11.5. The molecule has 0 spiro atoms. The lowest BCUT2D eigenvalue weighted by Crippen LogP contribution is -2.47. The van der Waals surface area contributed by atoms with Gasteiger partial charge >= 0.3 is 0 Å². The third-order valence-corrected chi connectivity index (χ3v) is 6.37. The van der Waals surface area contributed by atoms with E-state index in [2.05, 4.69) is 14.8 Å². The molecule has 6 nitrogen and oxygen atoms in total. The van der Waals surface area contributed by atoms with Crippen molar-refractivity contribution in [1.29, 1.82) is 0 Å². The number of oxazole rings is 1. The summed E-state index contributed by atoms with van der Waals surface area (Å²) < 4.78 is 19.0. The molecule has 33 heavy (non-hydrogen) atoms. The summed E-state index contributed by atoms with van der Waals surface area (Å²) in [7, 11) is 2.04. The molecule has 0 bridgehead atoms. The minimum atomic E-state index is -0.283. The highest BCUT2D eigenvalue weighted by Crippen LogP contribution is 2.24. The molecule has 0 aliphatic carbocycles. The molecule has 1 aliphatic rings. The van der Waals surface area contributed by atoms with Crippen LogP contribution in [0.1, 0.15) is 27.5 Å². The van der Waals surface area contributed by atoms with E-state index in [1.165, 1.54) is 18.4 Å². The quantitative estimate of drug-likeness (QED) is 0.479. The van der Waals surface area contributed by atoms with Gasteiger partial charge in [0.25, 0.3) is 5.91 Å². The van der Waals surface area contributed by atoms with E-state index in [0.717, 1.165) is 24.2 Å². The van der Waals surface area contributed by atoms with E-state index >= 15 is 0 Å². The summed E-state index contributed by atoms with van der Waals surface area (Å²) in [6.07, 6.45) is 1.42. The first-order valence-electron chi connectivity index (χ1n) is 10.7. The number of hydrogen-bond donors (Lipinski definition) is 0. The summed E-state index contributed by atoms with van der Waals surface area (Å²) in [5.41, 5.74) is 2.22. The van der Waals surface area contributed by atoms with E-state index in [-0.39, 0.29) is 11.7 Å². The van der Waals surface area contributed by atoms with Crippen LogP contribution >= 0.6 is 23.2 Å². The summed E-state index contributed by atoms with van der Waals surface area (Å²) in [6.45, 7) is 4.46. The number of hydrogen-bond acceptors (Lipinski definition) is 5. The van der Waals surface area contributed by atoms with Crippen LogP contribution in [0.25, 0.3) is 0 Å². The molecule has 0 saturated carbocycles. The summed E-state index contributed by atoms with van der Waals surface area (Å²) in [5, 5.41) is 0.970. The van der Waals surface area contributed by atoms with Gasteiger partial charge in [-0.1, -0.05) is 41.4 Å². The summed E-state index contributed by atoms with van der Waals surface area (Å²) in [5.74, 6) is 0.0388. The van der Waals surface area contributed by atoms with E-state index in [1.54, 1.807) is 23.1 Å². The summed E-state index contributed by atoms with van der Waals surface area (Å²) in [6, 6.07) is 11.8. The Labute approximate surface area is 202 Å². The van der Waals surface area contributed by atoms with Crippen molar-refractivity contribution in [3.63, 3.8) is 0 Å². The molecule has 1 amide bonds. The maximum atomic E-state index is 13.3. The predicted octanol–water partition coefficient (Wildman–Crippen LogP) is 4.71. The number of halogens is 3. The van der Waals surface area contributed by atoms with Gasteiger partial charge in [-0.05, 0) is 42.4 Å². The topological polar surface area (TPSA) is 52.8 Å². The molecule has 0 N–H and O–H groups in total. The molecular formula is C24H25Cl2FN4O2. The fourth-order valence-corrected chi connectivity index (χ4v) is 4.08. The lowest BCUT2D eigenvalue weighted by Gasteiger charge is -2.31. The minimum absolute atomic E-state index is 0.118. The normalized spacial score (nSPS) is 14.8. The molecule has 0 radical (unpaired) electrons. The zero-order valence-electron chi connectivity index (χ0n) is 18.3. The van der Waals surface area contributed by atoms with E-state index in [1.807, 2.05) is 19.2 Å². The van der Waals surface area contributed by atoms with Gasteiger partial charge in [-0.3, -0.25) is 9.69 Å². The molecule has 2 heterocycles. The largest absolute Gasteiger partial charge is 0.447 e. The number of nitrogens with zero attached hydrogens (tertiary/aromatic N) is 4. The van der Waals surface area contributed by atoms with Crippen LogP contribution in [0, 0.1) is 5.82 Å². The van der Waals surface area contributed by atoms with Gasteiger partial charge in [0.2, 0.25) is 5.89 Å². The molecule has 1 saturated heterocycles. The van der Waals surface area contributed by atoms with Crippen LogP contribution in [0.4, 0.5) is 4.39 Å². The van der Waals surface area contributed by atoms with E-state index in [4.69, 9.17) is 27.6 Å². The van der Waals surface area contributed by atoms with Crippen LogP contribution in [0.3, 0.4) is 0 Å². The Kier molecular flexibility index (Phi) is 7.65. The summed E-state index contributed by atoms with van der Waals surface area (Å²) in [4.78, 5) is 23.3. The standard InChI is InChI=1S/C24H25Cl2FN4O2/c1-29-8-10-31(11-9-29)24(32)22-16-33-23(28-22)15-30(13-17-2-5-19(27)6-3-17)14-18-4-7-20(25)21(26)12-18/h2-7,12,16H,8-11,13-15H2,1H3. The van der Waals surface area contributed by atoms with Crippen LogP contribution in [0.2, 0.25) is 10.0 Å². The molecule has 1 fully saturated rings. The lowest BCUT2D eigenvalue weighted by molar-refractivity contribution is 0.0658. The lowest BCUT2D eigenvalue weighted by atomic mass is 10.1. The Hall–Kier alpha value is -2.45. The molecule has 2 aromatic carbocycles. The molecule has 174 valence electrons. The van der Waals surface area contributed by atoms with Crippen LogP contribution in [-0.4, -0.2) is 58.8 Å². The maximum Gasteiger partial charge on any atom is 0.275 e. The number of benzene rings is 2. The number of aromatic nitrogens is 1. The van der Waals surface area contributed by atoms with Gasteiger partial charge < -0.3 is 14.2 Å². The number of rotatable bonds is 7. The third kappa shape index (κ3) is 6.32. The highest BCUT2D eigenvalue weighted by atomic mass is 35.5. The first kappa shape index (κ1) is 23.7. The van der Waals surface area contributed by atoms with Gasteiger partial charge in [0.05, 0.1) is 16.6 Å². The van der Waals surface area contributed by atoms with Gasteiger partial charge in [-0.25, -0.2) is 9.37 Å². The fourth-order valence-electron chi connectivity index (χ4n) is 3.76. The first-order chi connectivity index (χ1) is 15.9. The number of likely N-dealkylation sites (N-methyl/N-ethyl adjacent to an activating group) is 1. The number of carbonyl (C=O) groups is 1. The second-order valence-corrected chi connectivity index (χ2v) is 9.06. The number of amides is 1. The van der Waals surface area contributed by atoms with Gasteiger partial charge in [0.1, 0.15) is 12.1 Å². The molecule has 1 aromatic heterocycles. The molecule has 3 aromatic rings. The Balaban J connectivity index is 1.49. The number of carbonyl (C=O) groups excluding carboxylic acids is 1. The highest BCUT2D eigenvalue weighted by molar-refractivity contribution is 6.42. The van der Waals surface area contributed by atoms with Gasteiger partial charge in [0.15, 0.2) is 5.69 Å². The zero-order chi connectivity index (χ0) is 23.4. The van der Waals surface area contributed by atoms with Crippen molar-refractivity contribution in [2.45, 2.75) is 19.6 Å². The van der Waals surface area contributed by atoms with E-state index in [0.29, 0.717) is 54.4 Å². The van der Waals surface area contributed by atoms with Gasteiger partial charge in [-0.2, -0.15) is 0 Å². The van der Waals surface area contributed by atoms with E-state index in [9.17, 15) is 9.18 Å². The van der Waals surface area contributed by atoms with Crippen molar-refractivity contribution in [3.8, 4) is 0 Å². The fraction of sp³-hybridized carbons (Fsp3) is 0.333. The molecule has 0 unspecified atom stereocenters. The summed E-state index contributed by atoms with van der Waals surface area (Å²) >= 11 is 12.2. The predicted molar refractivity (Wildman–Crippen MR) is 126 cm³/mol. The Bertz CT molecular complexity index is 1100. The Morgan fingerprint density at radius 1 is 1.00 bits per heavy atom. The smallest absolute Gasteiger partial charge is 0.275 e. The van der Waals surface area contributed by atoms with Crippen molar-refractivity contribution < 1.29 is 13.6 Å². The zero-order valence-corrected chi connectivity index (χ0v) is 19.8. The van der Waals surface area contributed by atoms with Crippen molar-refractivity contribution >= 4 is 29.1 Å². The average Bonchev–Trinajstić information content (AvgIpc) is 3.26. The van der Waals surface area contributed by atoms with Crippen LogP contribution in [0.5, 0.6) is 0 Å². The molecule has 1 aliphatic heterocycles. The molecule has 9 heteroatoms. The average molecular weight is 491 g/mol. The minimum Gasteiger partial charge on any atom is -0.447 e. The second kappa shape index (κ2) is 10.7. The van der Waals surface area contributed by atoms with Crippen LogP contribution in [-0.2, 0) is 19.6 Å². The van der Waals surface area contributed by atoms with Crippen molar-refractivity contribution in [2.75, 3.05) is 33.2 Å². The van der Waals surface area contributed by atoms with Crippen molar-refractivity contribution in [2.24, 2.45) is 0 Å². The maximum absolute atomic E-state index is 13.3. The Morgan fingerprint density at radius 2 is 1.67 bits per heavy atom. The van der Waals surface area contributed by atoms with Crippen LogP contribution in [0.15, 0.2) is 53.1 Å². The van der Waals surface area contributed by atoms with Crippen molar-refractivity contribution in [1.82, 2.24) is 19.7 Å². The molecule has 4 rings (SSSR count). The third-order valence-electron chi connectivity index (χ3n) is 5.63. The van der Waals surface area contributed by atoms with Crippen LogP contribution < -0.4 is 0 Å².